The predicted molar refractivity (Wildman–Crippen MR) is 118 cm³/mol. The lowest BCUT2D eigenvalue weighted by molar-refractivity contribution is 0.585. The van der Waals surface area contributed by atoms with Gasteiger partial charge in [0.15, 0.2) is 0 Å². The number of rotatable bonds is 6. The van der Waals surface area contributed by atoms with E-state index in [1.807, 2.05) is 55.4 Å². The molecule has 0 saturated carbocycles. The molecule has 2 aromatic carbocycles. The van der Waals surface area contributed by atoms with Crippen LogP contribution in [0, 0.1) is 0 Å². The first-order valence-electron chi connectivity index (χ1n) is 9.15. The molecular formula is C22H19ClN6O. The fourth-order valence-electron chi connectivity index (χ4n) is 2.73. The maximum Gasteiger partial charge on any atom is 0.320 e. The molecule has 4 aromatic rings. The highest BCUT2D eigenvalue weighted by molar-refractivity contribution is 6.30. The van der Waals surface area contributed by atoms with Crippen LogP contribution in [-0.4, -0.2) is 39.2 Å². The van der Waals surface area contributed by atoms with Gasteiger partial charge in [-0.1, -0.05) is 47.5 Å². The number of nitrogens with one attached hydrogen (secondary N) is 1. The summed E-state index contributed by atoms with van der Waals surface area (Å²) < 4.78 is 5.69. The molecule has 7 nitrogen and oxygen atoms in total. The normalized spacial score (nSPS) is 10.6. The van der Waals surface area contributed by atoms with E-state index < -0.39 is 0 Å². The Hall–Kier alpha value is -3.71. The summed E-state index contributed by atoms with van der Waals surface area (Å²) in [5, 5.41) is 11.8. The van der Waals surface area contributed by atoms with E-state index in [0.29, 0.717) is 16.4 Å². The molecule has 0 fully saturated rings. The van der Waals surface area contributed by atoms with Gasteiger partial charge in [-0.3, -0.25) is 4.98 Å². The van der Waals surface area contributed by atoms with Crippen molar-refractivity contribution >= 4 is 29.0 Å². The maximum atomic E-state index is 5.90. The molecule has 30 heavy (non-hydrogen) atoms. The minimum Gasteiger partial charge on any atom is -0.401 e. The predicted octanol–water partition coefficient (Wildman–Crippen LogP) is 5.12. The first-order chi connectivity index (χ1) is 14.5. The average Bonchev–Trinajstić information content (AvgIpc) is 3.23. The minimum absolute atomic E-state index is 0.256. The van der Waals surface area contributed by atoms with E-state index in [-0.39, 0.29) is 11.9 Å². The quantitative estimate of drug-likeness (QED) is 0.465. The SMILES string of the molecule is C=C(c1ccc(-c2cncc(-c3nnc(Nc4ccc(Cl)cc4)o3)n2)cc1)N(C)C. The van der Waals surface area contributed by atoms with Gasteiger partial charge in [0.25, 0.3) is 5.89 Å². The zero-order chi connectivity index (χ0) is 21.1. The zero-order valence-electron chi connectivity index (χ0n) is 16.5. The first-order valence-corrected chi connectivity index (χ1v) is 9.53. The fraction of sp³-hybridized carbons (Fsp3) is 0.0909. The largest absolute Gasteiger partial charge is 0.401 e. The molecule has 2 heterocycles. The van der Waals surface area contributed by atoms with Crippen LogP contribution in [-0.2, 0) is 0 Å². The standard InChI is InChI=1S/C22H19ClN6O/c1-14(29(2)3)15-4-6-16(7-5-15)19-12-24-13-20(26-19)21-27-28-22(30-21)25-18-10-8-17(23)9-11-18/h4-13H,1H2,2-3H3,(H,25,28). The lowest BCUT2D eigenvalue weighted by Crippen LogP contribution is -2.08. The summed E-state index contributed by atoms with van der Waals surface area (Å²) in [4.78, 5) is 10.9. The lowest BCUT2D eigenvalue weighted by Gasteiger charge is -2.15. The molecule has 8 heteroatoms. The molecule has 0 bridgehead atoms. The topological polar surface area (TPSA) is 80.0 Å². The number of hydrogen-bond acceptors (Lipinski definition) is 7. The summed E-state index contributed by atoms with van der Waals surface area (Å²) in [6, 6.07) is 15.4. The molecular weight excluding hydrogens is 400 g/mol. The van der Waals surface area contributed by atoms with E-state index in [9.17, 15) is 0 Å². The third kappa shape index (κ3) is 4.31. The van der Waals surface area contributed by atoms with Gasteiger partial charge in [-0.2, -0.15) is 0 Å². The smallest absolute Gasteiger partial charge is 0.320 e. The summed E-state index contributed by atoms with van der Waals surface area (Å²) >= 11 is 5.90. The molecule has 0 atom stereocenters. The highest BCUT2D eigenvalue weighted by atomic mass is 35.5. The van der Waals surface area contributed by atoms with Gasteiger partial charge in [0.05, 0.1) is 18.1 Å². The number of anilines is 2. The molecule has 0 saturated heterocycles. The van der Waals surface area contributed by atoms with Crippen LogP contribution in [0.3, 0.4) is 0 Å². The van der Waals surface area contributed by atoms with Crippen LogP contribution < -0.4 is 5.32 Å². The summed E-state index contributed by atoms with van der Waals surface area (Å²) in [6.45, 7) is 4.08. The minimum atomic E-state index is 0.256. The molecule has 0 unspecified atom stereocenters. The van der Waals surface area contributed by atoms with Crippen LogP contribution >= 0.6 is 11.6 Å². The number of halogens is 1. The Kier molecular flexibility index (Phi) is 5.45. The highest BCUT2D eigenvalue weighted by Crippen LogP contribution is 2.25. The van der Waals surface area contributed by atoms with E-state index in [0.717, 1.165) is 22.5 Å². The van der Waals surface area contributed by atoms with E-state index in [2.05, 4.69) is 32.1 Å². The van der Waals surface area contributed by atoms with Crippen molar-refractivity contribution in [2.75, 3.05) is 19.4 Å². The Labute approximate surface area is 179 Å². The number of aromatic nitrogens is 4. The van der Waals surface area contributed by atoms with Gasteiger partial charge in [-0.05, 0) is 29.8 Å². The number of benzene rings is 2. The molecule has 150 valence electrons. The average molecular weight is 419 g/mol. The second kappa shape index (κ2) is 8.34. The second-order valence-corrected chi connectivity index (χ2v) is 7.19. The molecule has 4 rings (SSSR count). The summed E-state index contributed by atoms with van der Waals surface area (Å²) in [7, 11) is 3.93. The van der Waals surface area contributed by atoms with Crippen molar-refractivity contribution in [1.29, 1.82) is 0 Å². The second-order valence-electron chi connectivity index (χ2n) is 6.75. The molecule has 1 N–H and O–H groups in total. The summed E-state index contributed by atoms with van der Waals surface area (Å²) in [5.41, 5.74) is 4.90. The van der Waals surface area contributed by atoms with Gasteiger partial charge in [-0.15, -0.1) is 5.10 Å². The number of nitrogens with zero attached hydrogens (tertiary/aromatic N) is 5. The van der Waals surface area contributed by atoms with Gasteiger partial charge >= 0.3 is 6.01 Å². The third-order valence-corrected chi connectivity index (χ3v) is 4.68. The van der Waals surface area contributed by atoms with Crippen molar-refractivity contribution < 1.29 is 4.42 Å². The molecule has 0 radical (unpaired) electrons. The van der Waals surface area contributed by atoms with Crippen LogP contribution in [0.5, 0.6) is 0 Å². The van der Waals surface area contributed by atoms with Crippen LogP contribution in [0.15, 0.2) is 71.9 Å². The van der Waals surface area contributed by atoms with Crippen LogP contribution in [0.2, 0.25) is 5.02 Å². The fourth-order valence-corrected chi connectivity index (χ4v) is 2.86. The Morgan fingerprint density at radius 2 is 1.67 bits per heavy atom. The van der Waals surface area contributed by atoms with Crippen LogP contribution in [0.4, 0.5) is 11.7 Å². The van der Waals surface area contributed by atoms with Gasteiger partial charge in [0, 0.05) is 36.1 Å². The molecule has 0 spiro atoms. The monoisotopic (exact) mass is 418 g/mol. The molecule has 0 aliphatic rings. The van der Waals surface area contributed by atoms with Crippen molar-refractivity contribution in [3.8, 4) is 22.8 Å². The molecule has 0 amide bonds. The summed E-state index contributed by atoms with van der Waals surface area (Å²) in [5.74, 6) is 0.276. The third-order valence-electron chi connectivity index (χ3n) is 4.43. The Morgan fingerprint density at radius 3 is 2.37 bits per heavy atom. The van der Waals surface area contributed by atoms with Crippen molar-refractivity contribution in [3.05, 3.63) is 78.1 Å². The Balaban J connectivity index is 1.54. The van der Waals surface area contributed by atoms with Crippen molar-refractivity contribution in [2.45, 2.75) is 0 Å². The molecule has 2 aromatic heterocycles. The summed E-state index contributed by atoms with van der Waals surface area (Å²) in [6.07, 6.45) is 3.29. The van der Waals surface area contributed by atoms with E-state index >= 15 is 0 Å². The van der Waals surface area contributed by atoms with Crippen LogP contribution in [0.1, 0.15) is 5.56 Å². The van der Waals surface area contributed by atoms with E-state index in [1.54, 1.807) is 24.5 Å². The van der Waals surface area contributed by atoms with E-state index in [4.69, 9.17) is 16.0 Å². The Morgan fingerprint density at radius 1 is 0.967 bits per heavy atom. The zero-order valence-corrected chi connectivity index (χ0v) is 17.3. The van der Waals surface area contributed by atoms with Crippen molar-refractivity contribution in [2.24, 2.45) is 0 Å². The number of hydrogen-bond donors (Lipinski definition) is 1. The van der Waals surface area contributed by atoms with Crippen molar-refractivity contribution in [1.82, 2.24) is 25.1 Å². The van der Waals surface area contributed by atoms with Crippen LogP contribution in [0.25, 0.3) is 28.5 Å². The maximum absolute atomic E-state index is 5.90. The molecule has 0 aliphatic carbocycles. The lowest BCUT2D eigenvalue weighted by atomic mass is 10.1. The van der Waals surface area contributed by atoms with Gasteiger partial charge in [0.1, 0.15) is 5.69 Å². The molecule has 0 aliphatic heterocycles. The van der Waals surface area contributed by atoms with E-state index in [1.165, 1.54) is 0 Å². The first kappa shape index (κ1) is 19.6. The Bertz CT molecular complexity index is 1170. The highest BCUT2D eigenvalue weighted by Gasteiger charge is 2.12. The van der Waals surface area contributed by atoms with Crippen molar-refractivity contribution in [3.63, 3.8) is 0 Å². The van der Waals surface area contributed by atoms with Gasteiger partial charge in [0.2, 0.25) is 0 Å². The van der Waals surface area contributed by atoms with Gasteiger partial charge in [-0.25, -0.2) is 4.98 Å². The van der Waals surface area contributed by atoms with Gasteiger partial charge < -0.3 is 14.6 Å².